The number of amides is 1. The van der Waals surface area contributed by atoms with Crippen LogP contribution in [0.1, 0.15) is 31.1 Å². The minimum absolute atomic E-state index is 0.161. The largest absolute Gasteiger partial charge is 0.490 e. The first-order chi connectivity index (χ1) is 17.4. The molecule has 0 spiro atoms. The van der Waals surface area contributed by atoms with E-state index in [2.05, 4.69) is 5.32 Å². The fourth-order valence-electron chi connectivity index (χ4n) is 3.21. The summed E-state index contributed by atoms with van der Waals surface area (Å²) in [5, 5.41) is 3.08. The summed E-state index contributed by atoms with van der Waals surface area (Å²) in [4.78, 5) is 25.3. The molecule has 0 heterocycles. The summed E-state index contributed by atoms with van der Waals surface area (Å²) in [6.07, 6.45) is 0. The second-order valence-electron chi connectivity index (χ2n) is 7.28. The molecule has 0 aliphatic rings. The first kappa shape index (κ1) is 26.7. The molecule has 0 unspecified atom stereocenters. The fourth-order valence-corrected chi connectivity index (χ4v) is 3.38. The molecule has 3 aromatic carbocycles. The van der Waals surface area contributed by atoms with Crippen LogP contribution in [0.15, 0.2) is 60.7 Å². The average Bonchev–Trinajstić information content (AvgIpc) is 2.87. The summed E-state index contributed by atoms with van der Waals surface area (Å²) in [6.45, 7) is 6.05. The van der Waals surface area contributed by atoms with Crippen LogP contribution in [-0.4, -0.2) is 38.3 Å². The molecule has 3 rings (SSSR count). The number of hydrogen-bond donors (Lipinski definition) is 1. The molecule has 0 aliphatic carbocycles. The first-order valence-electron chi connectivity index (χ1n) is 11.5. The van der Waals surface area contributed by atoms with Gasteiger partial charge < -0.3 is 29.0 Å². The third kappa shape index (κ3) is 7.29. The zero-order valence-corrected chi connectivity index (χ0v) is 21.1. The van der Waals surface area contributed by atoms with E-state index < -0.39 is 18.5 Å². The van der Waals surface area contributed by atoms with Gasteiger partial charge >= 0.3 is 5.97 Å². The van der Waals surface area contributed by atoms with Gasteiger partial charge in [0.2, 0.25) is 5.75 Å². The van der Waals surface area contributed by atoms with Gasteiger partial charge in [0, 0.05) is 5.02 Å². The SMILES string of the molecule is CCOc1cc(C(=O)OCC(=O)Nc2cc(Cl)ccc2Oc2ccccc2)cc(OCC)c1OCC. The molecule has 0 bridgehead atoms. The van der Waals surface area contributed by atoms with Gasteiger partial charge in [0.1, 0.15) is 5.75 Å². The number of esters is 1. The molecule has 9 heteroatoms. The van der Waals surface area contributed by atoms with Crippen molar-refractivity contribution >= 4 is 29.2 Å². The molecule has 3 aromatic rings. The number of halogens is 1. The molecule has 36 heavy (non-hydrogen) atoms. The molecule has 0 aliphatic heterocycles. The molecule has 0 radical (unpaired) electrons. The standard InChI is InChI=1S/C27H28ClNO7/c1-4-32-23-14-18(15-24(33-5-2)26(23)34-6-3)27(31)35-17-25(30)29-21-16-19(28)12-13-22(21)36-20-10-8-7-9-11-20/h7-16H,4-6,17H2,1-3H3,(H,29,30). The monoisotopic (exact) mass is 513 g/mol. The lowest BCUT2D eigenvalue weighted by atomic mass is 10.2. The van der Waals surface area contributed by atoms with E-state index in [9.17, 15) is 9.59 Å². The molecule has 0 aromatic heterocycles. The quantitative estimate of drug-likeness (QED) is 0.291. The Morgan fingerprint density at radius 1 is 0.806 bits per heavy atom. The van der Waals surface area contributed by atoms with Crippen LogP contribution in [0.2, 0.25) is 5.02 Å². The highest BCUT2D eigenvalue weighted by molar-refractivity contribution is 6.31. The maximum absolute atomic E-state index is 12.7. The Bertz CT molecular complexity index is 1160. The molecule has 0 atom stereocenters. The Morgan fingerprint density at radius 2 is 1.44 bits per heavy atom. The Labute approximate surface area is 215 Å². The van der Waals surface area contributed by atoms with Crippen molar-refractivity contribution in [3.8, 4) is 28.7 Å². The minimum Gasteiger partial charge on any atom is -0.490 e. The molecule has 8 nitrogen and oxygen atoms in total. The van der Waals surface area contributed by atoms with Crippen molar-refractivity contribution in [3.05, 3.63) is 71.2 Å². The van der Waals surface area contributed by atoms with Crippen molar-refractivity contribution in [1.29, 1.82) is 0 Å². The summed E-state index contributed by atoms with van der Waals surface area (Å²) >= 11 is 6.10. The topological polar surface area (TPSA) is 92.3 Å². The van der Waals surface area contributed by atoms with Gasteiger partial charge in [-0.15, -0.1) is 0 Å². The van der Waals surface area contributed by atoms with Gasteiger partial charge in [0.25, 0.3) is 5.91 Å². The Morgan fingerprint density at radius 3 is 2.06 bits per heavy atom. The molecule has 0 saturated heterocycles. The van der Waals surface area contributed by atoms with Gasteiger partial charge in [-0.25, -0.2) is 4.79 Å². The zero-order chi connectivity index (χ0) is 25.9. The van der Waals surface area contributed by atoms with Crippen molar-refractivity contribution in [2.45, 2.75) is 20.8 Å². The lowest BCUT2D eigenvalue weighted by Gasteiger charge is -2.17. The molecule has 0 fully saturated rings. The first-order valence-corrected chi connectivity index (χ1v) is 11.9. The highest BCUT2D eigenvalue weighted by Gasteiger charge is 2.20. The van der Waals surface area contributed by atoms with E-state index in [0.717, 1.165) is 0 Å². The molecular formula is C27H28ClNO7. The van der Waals surface area contributed by atoms with E-state index in [-0.39, 0.29) is 5.56 Å². The Balaban J connectivity index is 1.71. The van der Waals surface area contributed by atoms with Crippen LogP contribution in [0.3, 0.4) is 0 Å². The van der Waals surface area contributed by atoms with Gasteiger partial charge in [-0.3, -0.25) is 4.79 Å². The number of benzene rings is 3. The number of ether oxygens (including phenoxy) is 5. The highest BCUT2D eigenvalue weighted by Crippen LogP contribution is 2.39. The minimum atomic E-state index is -0.720. The second-order valence-corrected chi connectivity index (χ2v) is 7.72. The van der Waals surface area contributed by atoms with Crippen molar-refractivity contribution in [1.82, 2.24) is 0 Å². The summed E-state index contributed by atoms with van der Waals surface area (Å²) in [5.41, 5.74) is 0.500. The predicted molar refractivity (Wildman–Crippen MR) is 137 cm³/mol. The number of para-hydroxylation sites is 1. The third-order valence-electron chi connectivity index (χ3n) is 4.67. The molecule has 0 saturated carbocycles. The van der Waals surface area contributed by atoms with E-state index in [0.29, 0.717) is 59.3 Å². The van der Waals surface area contributed by atoms with E-state index in [4.69, 9.17) is 35.3 Å². The summed E-state index contributed by atoms with van der Waals surface area (Å²) in [5.74, 6) is 0.799. The van der Waals surface area contributed by atoms with E-state index in [1.54, 1.807) is 30.3 Å². The van der Waals surface area contributed by atoms with E-state index in [1.807, 2.05) is 39.0 Å². The molecule has 1 amide bonds. The number of nitrogens with one attached hydrogen (secondary N) is 1. The van der Waals surface area contributed by atoms with Gasteiger partial charge in [-0.1, -0.05) is 29.8 Å². The molecule has 1 N–H and O–H groups in total. The smallest absolute Gasteiger partial charge is 0.338 e. The zero-order valence-electron chi connectivity index (χ0n) is 20.3. The fraction of sp³-hybridized carbons (Fsp3) is 0.259. The van der Waals surface area contributed by atoms with Crippen LogP contribution in [-0.2, 0) is 9.53 Å². The van der Waals surface area contributed by atoms with Gasteiger partial charge in [0.05, 0.1) is 31.1 Å². The van der Waals surface area contributed by atoms with Gasteiger partial charge in [0.15, 0.2) is 23.9 Å². The van der Waals surface area contributed by atoms with Gasteiger partial charge in [-0.05, 0) is 63.2 Å². The van der Waals surface area contributed by atoms with Crippen molar-refractivity contribution < 1.29 is 33.3 Å². The van der Waals surface area contributed by atoms with Crippen LogP contribution in [0.5, 0.6) is 28.7 Å². The number of carbonyl (C=O) groups excluding carboxylic acids is 2. The van der Waals surface area contributed by atoms with E-state index in [1.165, 1.54) is 12.1 Å². The lowest BCUT2D eigenvalue weighted by molar-refractivity contribution is -0.119. The maximum Gasteiger partial charge on any atom is 0.338 e. The summed E-state index contributed by atoms with van der Waals surface area (Å²) < 4.78 is 28.0. The lowest BCUT2D eigenvalue weighted by Crippen LogP contribution is -2.21. The second kappa shape index (κ2) is 13.3. The number of rotatable bonds is 12. The number of hydrogen-bond acceptors (Lipinski definition) is 7. The van der Waals surface area contributed by atoms with Crippen molar-refractivity contribution in [3.63, 3.8) is 0 Å². The Kier molecular flexibility index (Phi) is 9.82. The van der Waals surface area contributed by atoms with Crippen LogP contribution >= 0.6 is 11.6 Å². The van der Waals surface area contributed by atoms with Crippen molar-refractivity contribution in [2.75, 3.05) is 31.7 Å². The van der Waals surface area contributed by atoms with Crippen LogP contribution < -0.4 is 24.3 Å². The third-order valence-corrected chi connectivity index (χ3v) is 4.90. The average molecular weight is 514 g/mol. The Hall–Kier alpha value is -3.91. The van der Waals surface area contributed by atoms with Crippen molar-refractivity contribution in [2.24, 2.45) is 0 Å². The maximum atomic E-state index is 12.7. The summed E-state index contributed by atoms with van der Waals surface area (Å²) in [7, 11) is 0. The van der Waals surface area contributed by atoms with Gasteiger partial charge in [-0.2, -0.15) is 0 Å². The molecule has 190 valence electrons. The summed E-state index contributed by atoms with van der Waals surface area (Å²) in [6, 6.07) is 16.9. The predicted octanol–water partition coefficient (Wildman–Crippen LogP) is 6.12. The highest BCUT2D eigenvalue weighted by atomic mass is 35.5. The van der Waals surface area contributed by atoms with Crippen LogP contribution in [0, 0.1) is 0 Å². The molecular weight excluding hydrogens is 486 g/mol. The van der Waals surface area contributed by atoms with Crippen LogP contribution in [0.4, 0.5) is 5.69 Å². The number of carbonyl (C=O) groups is 2. The number of anilines is 1. The normalized spacial score (nSPS) is 10.3. The van der Waals surface area contributed by atoms with Crippen LogP contribution in [0.25, 0.3) is 0 Å². The van der Waals surface area contributed by atoms with E-state index >= 15 is 0 Å².